The summed E-state index contributed by atoms with van der Waals surface area (Å²) >= 11 is 20.2. The van der Waals surface area contributed by atoms with Gasteiger partial charge in [-0.1, -0.05) is 40.9 Å². The lowest BCUT2D eigenvalue weighted by molar-refractivity contribution is 0.0955. The smallest absolute Gasteiger partial charge is 0.274 e. The number of amides is 1. The minimum Gasteiger partial charge on any atom is -0.493 e. The number of aromatic nitrogens is 1. The Kier molecular flexibility index (Phi) is 8.36. The number of rotatable bonds is 7. The molecule has 0 spiro atoms. The molecule has 0 saturated heterocycles. The number of pyridine rings is 1. The van der Waals surface area contributed by atoms with E-state index in [1.54, 1.807) is 37.4 Å². The molecule has 31 heavy (non-hydrogen) atoms. The molecule has 6 nitrogen and oxygen atoms in total. The second kappa shape index (κ2) is 11.0. The first kappa shape index (κ1) is 23.6. The lowest BCUT2D eigenvalue weighted by Crippen LogP contribution is -2.18. The van der Waals surface area contributed by atoms with Crippen molar-refractivity contribution in [1.82, 2.24) is 10.4 Å². The second-order valence-electron chi connectivity index (χ2n) is 6.10. The molecule has 0 atom stereocenters. The van der Waals surface area contributed by atoms with E-state index in [1.807, 2.05) is 12.1 Å². The van der Waals surface area contributed by atoms with Crippen molar-refractivity contribution in [3.63, 3.8) is 0 Å². The maximum Gasteiger partial charge on any atom is 0.274 e. The predicted molar refractivity (Wildman–Crippen MR) is 131 cm³/mol. The Bertz CT molecular complexity index is 1140. The van der Waals surface area contributed by atoms with Gasteiger partial charge < -0.3 is 9.47 Å². The average Bonchev–Trinajstić information content (AvgIpc) is 2.74. The van der Waals surface area contributed by atoms with Gasteiger partial charge in [-0.2, -0.15) is 5.10 Å². The summed E-state index contributed by atoms with van der Waals surface area (Å²) in [5.41, 5.74) is 4.16. The van der Waals surface area contributed by atoms with Crippen molar-refractivity contribution in [3.8, 4) is 11.5 Å². The minimum atomic E-state index is -0.462. The van der Waals surface area contributed by atoms with Gasteiger partial charge in [0, 0.05) is 21.8 Å². The Labute approximate surface area is 207 Å². The van der Waals surface area contributed by atoms with Crippen molar-refractivity contribution in [1.29, 1.82) is 0 Å². The normalized spacial score (nSPS) is 10.9. The van der Waals surface area contributed by atoms with E-state index < -0.39 is 5.91 Å². The second-order valence-corrected chi connectivity index (χ2v) is 8.46. The summed E-state index contributed by atoms with van der Waals surface area (Å²) < 4.78 is 12.2. The maximum absolute atomic E-state index is 12.2. The van der Waals surface area contributed by atoms with Crippen LogP contribution in [0.4, 0.5) is 0 Å². The molecule has 0 aliphatic heterocycles. The van der Waals surface area contributed by atoms with Gasteiger partial charge in [-0.15, -0.1) is 0 Å². The van der Waals surface area contributed by atoms with E-state index in [9.17, 15) is 4.79 Å². The molecule has 160 valence electrons. The highest BCUT2D eigenvalue weighted by Crippen LogP contribution is 2.34. The van der Waals surface area contributed by atoms with Crippen molar-refractivity contribution < 1.29 is 14.3 Å². The monoisotopic (exact) mass is 589 g/mol. The Morgan fingerprint density at radius 3 is 2.74 bits per heavy atom. The number of ether oxygens (including phenoxy) is 2. The number of carbonyl (C=O) groups is 1. The quantitative estimate of drug-likeness (QED) is 0.159. The number of halogens is 4. The van der Waals surface area contributed by atoms with Crippen LogP contribution in [0.5, 0.6) is 11.5 Å². The van der Waals surface area contributed by atoms with Crippen LogP contribution in [-0.2, 0) is 6.61 Å². The molecule has 0 aliphatic carbocycles. The van der Waals surface area contributed by atoms with E-state index in [1.165, 1.54) is 12.4 Å². The van der Waals surface area contributed by atoms with Crippen LogP contribution in [-0.4, -0.2) is 24.2 Å². The van der Waals surface area contributed by atoms with E-state index in [2.05, 4.69) is 38.1 Å². The van der Waals surface area contributed by atoms with Crippen molar-refractivity contribution >= 4 is 69.5 Å². The summed E-state index contributed by atoms with van der Waals surface area (Å²) in [5.74, 6) is 0.619. The molecule has 1 N–H and O–H groups in total. The first-order chi connectivity index (χ1) is 14.9. The standard InChI is InChI=1S/C21H15Cl3IN3O3/c1-30-18-8-12(10-27-28-21(29)15-3-2-6-26-20(15)24)7-17(25)19(18)31-11-13-4-5-14(22)9-16(13)23/h2-10H,11H2,1H3,(H,28,29). The molecule has 1 heterocycles. The van der Waals surface area contributed by atoms with E-state index in [0.717, 1.165) is 9.13 Å². The van der Waals surface area contributed by atoms with E-state index in [0.29, 0.717) is 27.1 Å². The van der Waals surface area contributed by atoms with Crippen LogP contribution >= 0.6 is 57.4 Å². The third-order valence-electron chi connectivity index (χ3n) is 4.02. The molecule has 0 bridgehead atoms. The Balaban J connectivity index is 1.72. The lowest BCUT2D eigenvalue weighted by atomic mass is 10.2. The van der Waals surface area contributed by atoms with E-state index in [-0.39, 0.29) is 17.3 Å². The molecule has 0 aliphatic rings. The van der Waals surface area contributed by atoms with Crippen LogP contribution < -0.4 is 14.9 Å². The Morgan fingerprint density at radius 1 is 1.23 bits per heavy atom. The predicted octanol–water partition coefficient (Wildman–Crippen LogP) is 6.00. The maximum atomic E-state index is 12.2. The van der Waals surface area contributed by atoms with Gasteiger partial charge >= 0.3 is 0 Å². The number of benzene rings is 2. The van der Waals surface area contributed by atoms with Gasteiger partial charge in [-0.25, -0.2) is 10.4 Å². The molecule has 3 rings (SSSR count). The molecule has 0 radical (unpaired) electrons. The van der Waals surface area contributed by atoms with Gasteiger partial charge in [0.1, 0.15) is 11.8 Å². The zero-order valence-electron chi connectivity index (χ0n) is 16.0. The number of methoxy groups -OCH3 is 1. The van der Waals surface area contributed by atoms with Gasteiger partial charge in [0.2, 0.25) is 0 Å². The van der Waals surface area contributed by atoms with Crippen LogP contribution in [0.1, 0.15) is 21.5 Å². The zero-order valence-corrected chi connectivity index (χ0v) is 20.5. The molecule has 0 unspecified atom stereocenters. The fourth-order valence-electron chi connectivity index (χ4n) is 2.52. The summed E-state index contributed by atoms with van der Waals surface area (Å²) in [4.78, 5) is 16.0. The highest BCUT2D eigenvalue weighted by Gasteiger charge is 2.13. The highest BCUT2D eigenvalue weighted by molar-refractivity contribution is 14.1. The van der Waals surface area contributed by atoms with Crippen molar-refractivity contribution in [2.24, 2.45) is 5.10 Å². The molecule has 10 heteroatoms. The van der Waals surface area contributed by atoms with Crippen molar-refractivity contribution in [3.05, 3.63) is 84.1 Å². The summed E-state index contributed by atoms with van der Waals surface area (Å²) in [6.07, 6.45) is 2.99. The van der Waals surface area contributed by atoms with Gasteiger partial charge in [-0.05, 0) is 64.6 Å². The van der Waals surface area contributed by atoms with Crippen molar-refractivity contribution in [2.75, 3.05) is 7.11 Å². The molecular formula is C21H15Cl3IN3O3. The minimum absolute atomic E-state index is 0.105. The molecule has 3 aromatic rings. The van der Waals surface area contributed by atoms with Gasteiger partial charge in [-0.3, -0.25) is 4.79 Å². The summed E-state index contributed by atoms with van der Waals surface area (Å²) in [5, 5.41) is 5.16. The number of hydrogen-bond acceptors (Lipinski definition) is 5. The first-order valence-corrected chi connectivity index (χ1v) is 11.0. The number of hydrogen-bond donors (Lipinski definition) is 1. The van der Waals surface area contributed by atoms with Crippen LogP contribution in [0.25, 0.3) is 0 Å². The van der Waals surface area contributed by atoms with Gasteiger partial charge in [0.05, 0.1) is 22.5 Å². The number of nitrogens with zero attached hydrogens (tertiary/aromatic N) is 2. The molecule has 1 amide bonds. The van der Waals surface area contributed by atoms with E-state index in [4.69, 9.17) is 44.3 Å². The third-order valence-corrected chi connectivity index (χ3v) is 5.71. The van der Waals surface area contributed by atoms with Gasteiger partial charge in [0.15, 0.2) is 11.5 Å². The van der Waals surface area contributed by atoms with Gasteiger partial charge in [0.25, 0.3) is 5.91 Å². The first-order valence-electron chi connectivity index (χ1n) is 8.77. The largest absolute Gasteiger partial charge is 0.493 e. The van der Waals surface area contributed by atoms with Crippen molar-refractivity contribution in [2.45, 2.75) is 6.61 Å². The summed E-state index contributed by atoms with van der Waals surface area (Å²) in [6, 6.07) is 12.0. The SMILES string of the molecule is COc1cc(C=NNC(=O)c2cccnc2Cl)cc(I)c1OCc1ccc(Cl)cc1Cl. The highest BCUT2D eigenvalue weighted by atomic mass is 127. The molecular weight excluding hydrogens is 576 g/mol. The average molecular weight is 591 g/mol. The number of nitrogens with one attached hydrogen (secondary N) is 1. The molecule has 0 fully saturated rings. The van der Waals surface area contributed by atoms with Crippen LogP contribution in [0.2, 0.25) is 15.2 Å². The number of hydrazone groups is 1. The summed E-state index contributed by atoms with van der Waals surface area (Å²) in [7, 11) is 1.54. The fourth-order valence-corrected chi connectivity index (χ4v) is 3.97. The van der Waals surface area contributed by atoms with Crippen LogP contribution in [0, 0.1) is 3.57 Å². The number of carbonyl (C=O) groups excluding carboxylic acids is 1. The summed E-state index contributed by atoms with van der Waals surface area (Å²) in [6.45, 7) is 0.248. The molecule has 0 saturated carbocycles. The van der Waals surface area contributed by atoms with Crippen LogP contribution in [0.15, 0.2) is 53.8 Å². The molecule has 2 aromatic carbocycles. The van der Waals surface area contributed by atoms with Crippen LogP contribution in [0.3, 0.4) is 0 Å². The van der Waals surface area contributed by atoms with E-state index >= 15 is 0 Å². The lowest BCUT2D eigenvalue weighted by Gasteiger charge is -2.14. The Morgan fingerprint density at radius 2 is 2.03 bits per heavy atom. The topological polar surface area (TPSA) is 72.8 Å². The molecule has 1 aromatic heterocycles. The Hall–Kier alpha value is -2.07. The zero-order chi connectivity index (χ0) is 22.4. The fraction of sp³-hybridized carbons (Fsp3) is 0.0952. The third kappa shape index (κ3) is 6.22.